The molecule has 0 radical (unpaired) electrons. The minimum atomic E-state index is -0.499. The maximum absolute atomic E-state index is 10.5. The molecule has 0 saturated carbocycles. The Balaban J connectivity index is 2.48. The van der Waals surface area contributed by atoms with E-state index in [1.165, 1.54) is 0 Å². The fourth-order valence-electron chi connectivity index (χ4n) is 2.05. The van der Waals surface area contributed by atoms with Gasteiger partial charge in [-0.2, -0.15) is 0 Å². The number of aliphatic hydroxyl groups is 1. The summed E-state index contributed by atoms with van der Waals surface area (Å²) < 4.78 is 5.38. The van der Waals surface area contributed by atoms with Crippen LogP contribution in [-0.2, 0) is 4.74 Å². The average molecular weight is 215 g/mol. The molecule has 0 aliphatic carbocycles. The monoisotopic (exact) mass is 215 g/mol. The van der Waals surface area contributed by atoms with E-state index in [4.69, 9.17) is 4.74 Å². The van der Waals surface area contributed by atoms with Crippen LogP contribution in [0.3, 0.4) is 0 Å². The van der Waals surface area contributed by atoms with Crippen LogP contribution in [0.15, 0.2) is 0 Å². The van der Waals surface area contributed by atoms with Gasteiger partial charge in [-0.05, 0) is 45.6 Å². The van der Waals surface area contributed by atoms with E-state index in [0.29, 0.717) is 5.92 Å². The lowest BCUT2D eigenvalue weighted by Gasteiger charge is -2.40. The zero-order valence-corrected chi connectivity index (χ0v) is 10.5. The number of hydrogen-bond acceptors (Lipinski definition) is 3. The first-order valence-corrected chi connectivity index (χ1v) is 5.88. The van der Waals surface area contributed by atoms with Gasteiger partial charge in [-0.15, -0.1) is 0 Å². The van der Waals surface area contributed by atoms with Gasteiger partial charge in [-0.3, -0.25) is 0 Å². The summed E-state index contributed by atoms with van der Waals surface area (Å²) >= 11 is 0. The van der Waals surface area contributed by atoms with Crippen molar-refractivity contribution in [3.63, 3.8) is 0 Å². The molecule has 0 spiro atoms. The first-order valence-electron chi connectivity index (χ1n) is 5.88. The zero-order valence-electron chi connectivity index (χ0n) is 10.5. The summed E-state index contributed by atoms with van der Waals surface area (Å²) in [7, 11) is 1.73. The highest BCUT2D eigenvalue weighted by atomic mass is 16.5. The Labute approximate surface area is 93.2 Å². The maximum Gasteiger partial charge on any atom is 0.0698 e. The molecule has 90 valence electrons. The van der Waals surface area contributed by atoms with Crippen LogP contribution >= 0.6 is 0 Å². The minimum absolute atomic E-state index is 0.125. The molecule has 0 aromatic carbocycles. The van der Waals surface area contributed by atoms with Crippen molar-refractivity contribution in [2.45, 2.75) is 51.2 Å². The molecule has 0 amide bonds. The summed E-state index contributed by atoms with van der Waals surface area (Å²) in [6, 6.07) is 0. The molecule has 1 saturated heterocycles. The fourth-order valence-corrected chi connectivity index (χ4v) is 2.05. The SMILES string of the molecule is COC(C)(C)CCC1(O)CCNCC1C. The van der Waals surface area contributed by atoms with Gasteiger partial charge in [-0.1, -0.05) is 6.92 Å². The Morgan fingerprint density at radius 1 is 1.53 bits per heavy atom. The minimum Gasteiger partial charge on any atom is -0.390 e. The highest BCUT2D eigenvalue weighted by molar-refractivity contribution is 4.91. The van der Waals surface area contributed by atoms with Crippen LogP contribution in [-0.4, -0.2) is 36.5 Å². The molecule has 2 unspecified atom stereocenters. The molecule has 0 aromatic rings. The highest BCUT2D eigenvalue weighted by Crippen LogP contribution is 2.31. The standard InChI is InChI=1S/C12H25NO2/c1-10-9-13-8-7-12(10,14)6-5-11(2,3)15-4/h10,13-14H,5-9H2,1-4H3. The van der Waals surface area contributed by atoms with Crippen LogP contribution in [0, 0.1) is 5.92 Å². The summed E-state index contributed by atoms with van der Waals surface area (Å²) in [5.41, 5.74) is -0.624. The molecule has 2 atom stereocenters. The molecule has 15 heavy (non-hydrogen) atoms. The molecule has 1 aliphatic heterocycles. The molecular weight excluding hydrogens is 190 g/mol. The lowest BCUT2D eigenvalue weighted by atomic mass is 9.78. The number of nitrogens with one attached hydrogen (secondary N) is 1. The van der Waals surface area contributed by atoms with E-state index in [1.807, 2.05) is 0 Å². The van der Waals surface area contributed by atoms with Crippen LogP contribution < -0.4 is 5.32 Å². The predicted octanol–water partition coefficient (Wildman–Crippen LogP) is 1.55. The van der Waals surface area contributed by atoms with E-state index < -0.39 is 5.60 Å². The Hall–Kier alpha value is -0.120. The van der Waals surface area contributed by atoms with Crippen LogP contribution in [0.4, 0.5) is 0 Å². The van der Waals surface area contributed by atoms with Gasteiger partial charge in [-0.25, -0.2) is 0 Å². The maximum atomic E-state index is 10.5. The number of ether oxygens (including phenoxy) is 1. The van der Waals surface area contributed by atoms with Crippen molar-refractivity contribution in [1.82, 2.24) is 5.32 Å². The summed E-state index contributed by atoms with van der Waals surface area (Å²) in [6.45, 7) is 8.11. The summed E-state index contributed by atoms with van der Waals surface area (Å²) in [4.78, 5) is 0. The molecule has 0 bridgehead atoms. The third-order valence-electron chi connectivity index (χ3n) is 3.82. The quantitative estimate of drug-likeness (QED) is 0.747. The lowest BCUT2D eigenvalue weighted by Crippen LogP contribution is -2.49. The fraction of sp³-hybridized carbons (Fsp3) is 1.00. The summed E-state index contributed by atoms with van der Waals surface area (Å²) in [5.74, 6) is 0.332. The summed E-state index contributed by atoms with van der Waals surface area (Å²) in [6.07, 6.45) is 2.59. The molecule has 1 heterocycles. The normalized spacial score (nSPS) is 33.0. The third-order valence-corrected chi connectivity index (χ3v) is 3.82. The molecule has 3 nitrogen and oxygen atoms in total. The van der Waals surface area contributed by atoms with E-state index in [2.05, 4.69) is 26.1 Å². The predicted molar refractivity (Wildman–Crippen MR) is 61.9 cm³/mol. The molecule has 2 N–H and O–H groups in total. The zero-order chi connectivity index (χ0) is 11.5. The Kier molecular flexibility index (Phi) is 4.15. The van der Waals surface area contributed by atoms with Gasteiger partial charge in [0.05, 0.1) is 11.2 Å². The van der Waals surface area contributed by atoms with Gasteiger partial charge in [0.25, 0.3) is 0 Å². The number of hydrogen-bond donors (Lipinski definition) is 2. The number of piperidine rings is 1. The molecule has 1 aliphatic rings. The molecular formula is C12H25NO2. The smallest absolute Gasteiger partial charge is 0.0698 e. The van der Waals surface area contributed by atoms with E-state index >= 15 is 0 Å². The van der Waals surface area contributed by atoms with Crippen molar-refractivity contribution in [2.75, 3.05) is 20.2 Å². The van der Waals surface area contributed by atoms with Crippen molar-refractivity contribution in [2.24, 2.45) is 5.92 Å². The van der Waals surface area contributed by atoms with Crippen LogP contribution in [0.2, 0.25) is 0 Å². The second kappa shape index (κ2) is 4.81. The van der Waals surface area contributed by atoms with E-state index in [-0.39, 0.29) is 5.60 Å². The first kappa shape index (κ1) is 12.9. The molecule has 1 fully saturated rings. The van der Waals surface area contributed by atoms with Crippen molar-refractivity contribution in [3.05, 3.63) is 0 Å². The van der Waals surface area contributed by atoms with Gasteiger partial charge < -0.3 is 15.2 Å². The molecule has 3 heteroatoms. The van der Waals surface area contributed by atoms with Gasteiger partial charge in [0.1, 0.15) is 0 Å². The molecule has 1 rings (SSSR count). The van der Waals surface area contributed by atoms with E-state index in [1.54, 1.807) is 7.11 Å². The van der Waals surface area contributed by atoms with Gasteiger partial charge in [0.15, 0.2) is 0 Å². The highest BCUT2D eigenvalue weighted by Gasteiger charge is 2.37. The largest absolute Gasteiger partial charge is 0.390 e. The Morgan fingerprint density at radius 3 is 2.73 bits per heavy atom. The number of rotatable bonds is 4. The van der Waals surface area contributed by atoms with Gasteiger partial charge >= 0.3 is 0 Å². The third kappa shape index (κ3) is 3.44. The first-order chi connectivity index (χ1) is 6.90. The van der Waals surface area contributed by atoms with Crippen molar-refractivity contribution >= 4 is 0 Å². The second-order valence-electron chi connectivity index (χ2n) is 5.42. The lowest BCUT2D eigenvalue weighted by molar-refractivity contribution is -0.0661. The van der Waals surface area contributed by atoms with E-state index in [0.717, 1.165) is 32.4 Å². The Morgan fingerprint density at radius 2 is 2.20 bits per heavy atom. The van der Waals surface area contributed by atoms with Gasteiger partial charge in [0.2, 0.25) is 0 Å². The van der Waals surface area contributed by atoms with Crippen LogP contribution in [0.1, 0.15) is 40.0 Å². The second-order valence-corrected chi connectivity index (χ2v) is 5.42. The van der Waals surface area contributed by atoms with Crippen molar-refractivity contribution in [1.29, 1.82) is 0 Å². The summed E-state index contributed by atoms with van der Waals surface area (Å²) in [5, 5.41) is 13.8. The Bertz CT molecular complexity index is 206. The average Bonchev–Trinajstić information content (AvgIpc) is 2.20. The number of methoxy groups -OCH3 is 1. The van der Waals surface area contributed by atoms with Crippen molar-refractivity contribution < 1.29 is 9.84 Å². The topological polar surface area (TPSA) is 41.5 Å². The van der Waals surface area contributed by atoms with Crippen molar-refractivity contribution in [3.8, 4) is 0 Å². The van der Waals surface area contributed by atoms with Crippen LogP contribution in [0.5, 0.6) is 0 Å². The van der Waals surface area contributed by atoms with Crippen LogP contribution in [0.25, 0.3) is 0 Å². The van der Waals surface area contributed by atoms with Gasteiger partial charge in [0, 0.05) is 13.7 Å². The van der Waals surface area contributed by atoms with E-state index in [9.17, 15) is 5.11 Å². The molecule has 0 aromatic heterocycles.